The Morgan fingerprint density at radius 3 is 2.53 bits per heavy atom. The second-order valence-corrected chi connectivity index (χ2v) is 6.15. The lowest BCUT2D eigenvalue weighted by Gasteiger charge is -2.13. The molecule has 1 rings (SSSR count). The highest BCUT2D eigenvalue weighted by atomic mass is 35.5. The molecule has 2 N–H and O–H groups in total. The van der Waals surface area contributed by atoms with Crippen molar-refractivity contribution < 1.29 is 0 Å². The van der Waals surface area contributed by atoms with E-state index < -0.39 is 0 Å². The third kappa shape index (κ3) is 4.45. The first-order valence-corrected chi connectivity index (χ1v) is 6.45. The summed E-state index contributed by atoms with van der Waals surface area (Å²) in [5.41, 5.74) is 7.08. The van der Waals surface area contributed by atoms with E-state index in [0.717, 1.165) is 11.4 Å². The second kappa shape index (κ2) is 5.78. The quantitative estimate of drug-likeness (QED) is 0.816. The van der Waals surface area contributed by atoms with Crippen LogP contribution in [0.2, 0.25) is 5.02 Å². The average Bonchev–Trinajstić information content (AvgIpc) is 2.08. The molecule has 0 saturated heterocycles. The van der Waals surface area contributed by atoms with E-state index in [-0.39, 0.29) is 6.04 Å². The van der Waals surface area contributed by atoms with Gasteiger partial charge >= 0.3 is 0 Å². The van der Waals surface area contributed by atoms with Crippen molar-refractivity contribution in [3.8, 4) is 0 Å². The van der Waals surface area contributed by atoms with E-state index in [1.165, 1.54) is 10.5 Å². The molecule has 15 heavy (non-hydrogen) atoms. The molecule has 0 aliphatic carbocycles. The molecule has 1 aromatic rings. The van der Waals surface area contributed by atoms with Crippen molar-refractivity contribution in [2.45, 2.75) is 43.4 Å². The minimum absolute atomic E-state index is 0.176. The van der Waals surface area contributed by atoms with Crippen LogP contribution in [-0.2, 0) is 6.42 Å². The lowest BCUT2D eigenvalue weighted by molar-refractivity contribution is 0.729. The number of benzene rings is 1. The van der Waals surface area contributed by atoms with Gasteiger partial charge < -0.3 is 5.73 Å². The van der Waals surface area contributed by atoms with Crippen molar-refractivity contribution in [3.05, 3.63) is 28.8 Å². The van der Waals surface area contributed by atoms with Crippen LogP contribution in [0.4, 0.5) is 0 Å². The van der Waals surface area contributed by atoms with Crippen molar-refractivity contribution in [1.29, 1.82) is 0 Å². The first kappa shape index (κ1) is 12.9. The van der Waals surface area contributed by atoms with Crippen LogP contribution in [0.1, 0.15) is 26.3 Å². The Balaban J connectivity index is 2.92. The molecule has 0 radical (unpaired) electrons. The van der Waals surface area contributed by atoms with Gasteiger partial charge in [-0.25, -0.2) is 0 Å². The van der Waals surface area contributed by atoms with Gasteiger partial charge in [0.1, 0.15) is 0 Å². The fourth-order valence-electron chi connectivity index (χ4n) is 1.42. The van der Waals surface area contributed by atoms with Crippen molar-refractivity contribution in [2.24, 2.45) is 5.73 Å². The summed E-state index contributed by atoms with van der Waals surface area (Å²) < 4.78 is 0. The van der Waals surface area contributed by atoms with Crippen molar-refractivity contribution >= 4 is 23.4 Å². The maximum absolute atomic E-state index is 5.99. The van der Waals surface area contributed by atoms with Crippen LogP contribution < -0.4 is 5.73 Å². The van der Waals surface area contributed by atoms with Crippen LogP contribution in [0.25, 0.3) is 0 Å². The molecule has 0 aliphatic heterocycles. The second-order valence-electron chi connectivity index (χ2n) is 4.10. The number of halogens is 1. The van der Waals surface area contributed by atoms with E-state index in [1.807, 2.05) is 30.8 Å². The number of hydrogen-bond acceptors (Lipinski definition) is 2. The summed E-state index contributed by atoms with van der Waals surface area (Å²) in [4.78, 5) is 1.30. The molecule has 1 atom stereocenters. The van der Waals surface area contributed by atoms with E-state index in [4.69, 9.17) is 17.3 Å². The zero-order chi connectivity index (χ0) is 11.4. The van der Waals surface area contributed by atoms with E-state index >= 15 is 0 Å². The standard InChI is InChI=1S/C12H18ClNS/c1-8(2)15-12-5-4-11(13)7-10(12)6-9(3)14/h4-5,7-9H,6,14H2,1-3H3. The molecule has 0 aliphatic rings. The van der Waals surface area contributed by atoms with E-state index in [0.29, 0.717) is 5.25 Å². The molecule has 3 heteroatoms. The number of nitrogens with two attached hydrogens (primary N) is 1. The van der Waals surface area contributed by atoms with Gasteiger partial charge in [-0.2, -0.15) is 0 Å². The minimum atomic E-state index is 0.176. The number of rotatable bonds is 4. The van der Waals surface area contributed by atoms with Crippen LogP contribution in [0.15, 0.2) is 23.1 Å². The maximum atomic E-state index is 5.99. The number of hydrogen-bond donors (Lipinski definition) is 1. The first-order chi connectivity index (χ1) is 6.99. The maximum Gasteiger partial charge on any atom is 0.0409 e. The molecule has 0 heterocycles. The smallest absolute Gasteiger partial charge is 0.0409 e. The van der Waals surface area contributed by atoms with Crippen molar-refractivity contribution in [2.75, 3.05) is 0 Å². The molecule has 84 valence electrons. The van der Waals surface area contributed by atoms with Crippen LogP contribution in [-0.4, -0.2) is 11.3 Å². The molecule has 0 fully saturated rings. The molecule has 1 nitrogen and oxygen atoms in total. The molecule has 0 aromatic heterocycles. The van der Waals surface area contributed by atoms with Gasteiger partial charge in [-0.1, -0.05) is 25.4 Å². The van der Waals surface area contributed by atoms with Gasteiger partial charge in [-0.3, -0.25) is 0 Å². The topological polar surface area (TPSA) is 26.0 Å². The van der Waals surface area contributed by atoms with E-state index in [2.05, 4.69) is 19.9 Å². The highest BCUT2D eigenvalue weighted by Gasteiger charge is 2.08. The van der Waals surface area contributed by atoms with Crippen LogP contribution in [0.5, 0.6) is 0 Å². The Morgan fingerprint density at radius 1 is 1.33 bits per heavy atom. The summed E-state index contributed by atoms with van der Waals surface area (Å²) in [6, 6.07) is 6.23. The van der Waals surface area contributed by atoms with Crippen molar-refractivity contribution in [3.63, 3.8) is 0 Å². The normalized spacial score (nSPS) is 13.2. The Hall–Kier alpha value is -0.180. The monoisotopic (exact) mass is 243 g/mol. The molecule has 0 bridgehead atoms. The number of thioether (sulfide) groups is 1. The summed E-state index contributed by atoms with van der Waals surface area (Å²) in [6.07, 6.45) is 0.885. The van der Waals surface area contributed by atoms with E-state index in [1.54, 1.807) is 0 Å². The van der Waals surface area contributed by atoms with Gasteiger partial charge in [0.15, 0.2) is 0 Å². The fourth-order valence-corrected chi connectivity index (χ4v) is 2.57. The lowest BCUT2D eigenvalue weighted by atomic mass is 10.1. The summed E-state index contributed by atoms with van der Waals surface area (Å²) in [5.74, 6) is 0. The van der Waals surface area contributed by atoms with Crippen molar-refractivity contribution in [1.82, 2.24) is 0 Å². The highest BCUT2D eigenvalue weighted by molar-refractivity contribution is 8.00. The lowest BCUT2D eigenvalue weighted by Crippen LogP contribution is -2.18. The van der Waals surface area contributed by atoms with Gasteiger partial charge in [-0.15, -0.1) is 11.8 Å². The molecule has 1 aromatic carbocycles. The zero-order valence-corrected chi connectivity index (χ0v) is 11.0. The largest absolute Gasteiger partial charge is 0.328 e. The Bertz CT molecular complexity index is 323. The van der Waals surface area contributed by atoms with Gasteiger partial charge in [0.25, 0.3) is 0 Å². The fraction of sp³-hybridized carbons (Fsp3) is 0.500. The SMILES string of the molecule is CC(N)Cc1cc(Cl)ccc1SC(C)C. The molecule has 1 unspecified atom stereocenters. The van der Waals surface area contributed by atoms with Crippen LogP contribution >= 0.6 is 23.4 Å². The molecular weight excluding hydrogens is 226 g/mol. The van der Waals surface area contributed by atoms with E-state index in [9.17, 15) is 0 Å². The van der Waals surface area contributed by atoms with Gasteiger partial charge in [-0.05, 0) is 37.1 Å². The highest BCUT2D eigenvalue weighted by Crippen LogP contribution is 2.29. The average molecular weight is 244 g/mol. The Labute approximate surface area is 101 Å². The van der Waals surface area contributed by atoms with Gasteiger partial charge in [0, 0.05) is 21.2 Å². The molecule has 0 amide bonds. The predicted octanol–water partition coefficient (Wildman–Crippen LogP) is 3.73. The van der Waals surface area contributed by atoms with Gasteiger partial charge in [0.05, 0.1) is 0 Å². The Kier molecular flexibility index (Phi) is 4.97. The molecule has 0 spiro atoms. The van der Waals surface area contributed by atoms with Crippen LogP contribution in [0.3, 0.4) is 0 Å². The minimum Gasteiger partial charge on any atom is -0.328 e. The predicted molar refractivity (Wildman–Crippen MR) is 69.8 cm³/mol. The molecule has 0 saturated carbocycles. The summed E-state index contributed by atoms with van der Waals surface area (Å²) in [5, 5.41) is 1.37. The first-order valence-electron chi connectivity index (χ1n) is 5.19. The van der Waals surface area contributed by atoms with Crippen LogP contribution in [0, 0.1) is 0 Å². The summed E-state index contributed by atoms with van der Waals surface area (Å²) in [7, 11) is 0. The van der Waals surface area contributed by atoms with Gasteiger partial charge in [0.2, 0.25) is 0 Å². The Morgan fingerprint density at radius 2 is 2.00 bits per heavy atom. The third-order valence-corrected chi connectivity index (χ3v) is 3.29. The summed E-state index contributed by atoms with van der Waals surface area (Å²) in [6.45, 7) is 6.40. The third-order valence-electron chi connectivity index (χ3n) is 1.93. The zero-order valence-electron chi connectivity index (χ0n) is 9.46. The molecular formula is C12H18ClNS. The summed E-state index contributed by atoms with van der Waals surface area (Å²) >= 11 is 7.85.